The maximum absolute atomic E-state index is 13.1. The van der Waals surface area contributed by atoms with Crippen LogP contribution in [-0.4, -0.2) is 38.8 Å². The molecule has 1 N–H and O–H groups in total. The van der Waals surface area contributed by atoms with Crippen molar-refractivity contribution in [2.75, 3.05) is 20.2 Å². The molecule has 0 saturated carbocycles. The van der Waals surface area contributed by atoms with E-state index in [2.05, 4.69) is 5.32 Å². The first-order chi connectivity index (χ1) is 14.3. The lowest BCUT2D eigenvalue weighted by Gasteiger charge is -2.21. The summed E-state index contributed by atoms with van der Waals surface area (Å²) in [6.45, 7) is 2.74. The van der Waals surface area contributed by atoms with E-state index in [9.17, 15) is 17.6 Å². The molecule has 1 saturated heterocycles. The lowest BCUT2D eigenvalue weighted by Crippen LogP contribution is -2.32. The predicted octanol–water partition coefficient (Wildman–Crippen LogP) is 3.89. The SMILES string of the molecule is COc1ccc(S(=O)(=O)N2CCCCCC2)cc1C(=O)N[C@@H](C)c1ccc(F)cc1. The van der Waals surface area contributed by atoms with Crippen LogP contribution in [0.5, 0.6) is 5.75 Å². The zero-order valence-electron chi connectivity index (χ0n) is 17.2. The molecule has 1 heterocycles. The molecule has 1 atom stereocenters. The van der Waals surface area contributed by atoms with Crippen molar-refractivity contribution in [3.8, 4) is 5.75 Å². The number of carbonyl (C=O) groups excluding carboxylic acids is 1. The van der Waals surface area contributed by atoms with Gasteiger partial charge in [-0.3, -0.25) is 4.79 Å². The average molecular weight is 435 g/mol. The molecule has 1 amide bonds. The monoisotopic (exact) mass is 434 g/mol. The van der Waals surface area contributed by atoms with Crippen molar-refractivity contribution in [2.24, 2.45) is 0 Å². The number of amides is 1. The molecular weight excluding hydrogens is 407 g/mol. The number of nitrogens with one attached hydrogen (secondary N) is 1. The molecule has 2 aromatic rings. The molecule has 3 rings (SSSR count). The number of hydrogen-bond donors (Lipinski definition) is 1. The number of sulfonamides is 1. The Kier molecular flexibility index (Phi) is 7.10. The molecule has 2 aromatic carbocycles. The van der Waals surface area contributed by atoms with E-state index >= 15 is 0 Å². The summed E-state index contributed by atoms with van der Waals surface area (Å²) in [5.74, 6) is -0.532. The smallest absolute Gasteiger partial charge is 0.255 e. The van der Waals surface area contributed by atoms with E-state index in [4.69, 9.17) is 4.74 Å². The Balaban J connectivity index is 1.86. The van der Waals surface area contributed by atoms with E-state index in [1.165, 1.54) is 41.7 Å². The minimum atomic E-state index is -3.70. The van der Waals surface area contributed by atoms with Crippen LogP contribution in [0.25, 0.3) is 0 Å². The molecule has 1 aliphatic heterocycles. The normalized spacial score (nSPS) is 16.5. The van der Waals surface area contributed by atoms with Gasteiger partial charge in [0.1, 0.15) is 11.6 Å². The van der Waals surface area contributed by atoms with Crippen LogP contribution in [0.3, 0.4) is 0 Å². The standard InChI is InChI=1S/C22H27FN2O4S/c1-16(17-7-9-18(23)10-8-17)24-22(26)20-15-19(11-12-21(20)29-2)30(27,28)25-13-5-3-4-6-14-25/h7-12,15-16H,3-6,13-14H2,1-2H3,(H,24,26)/t16-/m0/s1. The van der Waals surface area contributed by atoms with Gasteiger partial charge in [0.2, 0.25) is 10.0 Å². The predicted molar refractivity (Wildman–Crippen MR) is 113 cm³/mol. The fraction of sp³-hybridized carbons (Fsp3) is 0.409. The maximum atomic E-state index is 13.1. The van der Waals surface area contributed by atoms with E-state index in [0.29, 0.717) is 13.1 Å². The first-order valence-electron chi connectivity index (χ1n) is 10.1. The molecule has 30 heavy (non-hydrogen) atoms. The van der Waals surface area contributed by atoms with Gasteiger partial charge in [0.25, 0.3) is 5.91 Å². The van der Waals surface area contributed by atoms with Crippen molar-refractivity contribution in [2.45, 2.75) is 43.5 Å². The number of benzene rings is 2. The fourth-order valence-corrected chi connectivity index (χ4v) is 5.11. The van der Waals surface area contributed by atoms with E-state index in [1.807, 2.05) is 0 Å². The average Bonchev–Trinajstić information content (AvgIpc) is 3.03. The summed E-state index contributed by atoms with van der Waals surface area (Å²) in [7, 11) is -2.27. The first kappa shape index (κ1) is 22.2. The number of carbonyl (C=O) groups is 1. The summed E-state index contributed by atoms with van der Waals surface area (Å²) in [5.41, 5.74) is 0.874. The van der Waals surface area contributed by atoms with Crippen LogP contribution in [0.15, 0.2) is 47.4 Å². The zero-order chi connectivity index (χ0) is 21.7. The van der Waals surface area contributed by atoms with Crippen molar-refractivity contribution in [1.82, 2.24) is 9.62 Å². The van der Waals surface area contributed by atoms with Gasteiger partial charge in [0.05, 0.1) is 23.6 Å². The molecule has 1 aliphatic rings. The van der Waals surface area contributed by atoms with E-state index in [-0.39, 0.29) is 22.0 Å². The van der Waals surface area contributed by atoms with Gasteiger partial charge in [0, 0.05) is 13.1 Å². The summed E-state index contributed by atoms with van der Waals surface area (Å²) < 4.78 is 46.1. The van der Waals surface area contributed by atoms with Crippen LogP contribution in [0, 0.1) is 5.82 Å². The zero-order valence-corrected chi connectivity index (χ0v) is 18.0. The van der Waals surface area contributed by atoms with Crippen molar-refractivity contribution in [3.05, 3.63) is 59.4 Å². The third-order valence-electron chi connectivity index (χ3n) is 5.34. The molecule has 0 aliphatic carbocycles. The molecule has 0 unspecified atom stereocenters. The van der Waals surface area contributed by atoms with Gasteiger partial charge >= 0.3 is 0 Å². The topological polar surface area (TPSA) is 75.7 Å². The highest BCUT2D eigenvalue weighted by Crippen LogP contribution is 2.27. The third-order valence-corrected chi connectivity index (χ3v) is 7.23. The Bertz CT molecular complexity index is 985. The quantitative estimate of drug-likeness (QED) is 0.748. The van der Waals surface area contributed by atoms with Crippen LogP contribution >= 0.6 is 0 Å². The lowest BCUT2D eigenvalue weighted by atomic mass is 10.1. The summed E-state index contributed by atoms with van der Waals surface area (Å²) >= 11 is 0. The highest BCUT2D eigenvalue weighted by molar-refractivity contribution is 7.89. The molecule has 0 bridgehead atoms. The minimum absolute atomic E-state index is 0.0739. The highest BCUT2D eigenvalue weighted by Gasteiger charge is 2.27. The Morgan fingerprint density at radius 2 is 1.70 bits per heavy atom. The summed E-state index contributed by atoms with van der Waals surface area (Å²) in [6, 6.07) is 9.79. The lowest BCUT2D eigenvalue weighted by molar-refractivity contribution is 0.0936. The van der Waals surface area contributed by atoms with Crippen LogP contribution in [0.1, 0.15) is 54.6 Å². The van der Waals surface area contributed by atoms with Gasteiger partial charge in [-0.1, -0.05) is 25.0 Å². The van der Waals surface area contributed by atoms with Crippen molar-refractivity contribution in [1.29, 1.82) is 0 Å². The van der Waals surface area contributed by atoms with Crippen molar-refractivity contribution in [3.63, 3.8) is 0 Å². The number of halogens is 1. The number of nitrogens with zero attached hydrogens (tertiary/aromatic N) is 1. The van der Waals surface area contributed by atoms with Gasteiger partial charge in [-0.2, -0.15) is 4.31 Å². The van der Waals surface area contributed by atoms with E-state index < -0.39 is 22.0 Å². The van der Waals surface area contributed by atoms with Crippen LogP contribution in [-0.2, 0) is 10.0 Å². The number of rotatable bonds is 6. The Hall–Kier alpha value is -2.45. The first-order valence-corrected chi connectivity index (χ1v) is 11.5. The molecule has 0 radical (unpaired) electrons. The largest absolute Gasteiger partial charge is 0.496 e. The molecule has 8 heteroatoms. The van der Waals surface area contributed by atoms with E-state index in [1.54, 1.807) is 19.1 Å². The molecule has 0 spiro atoms. The van der Waals surface area contributed by atoms with E-state index in [0.717, 1.165) is 31.2 Å². The van der Waals surface area contributed by atoms with Crippen LogP contribution < -0.4 is 10.1 Å². The second-order valence-electron chi connectivity index (χ2n) is 7.43. The van der Waals surface area contributed by atoms with Crippen molar-refractivity contribution >= 4 is 15.9 Å². The number of hydrogen-bond acceptors (Lipinski definition) is 4. The number of methoxy groups -OCH3 is 1. The molecule has 1 fully saturated rings. The van der Waals surface area contributed by atoms with Gasteiger partial charge in [0.15, 0.2) is 0 Å². The fourth-order valence-electron chi connectivity index (χ4n) is 3.57. The number of ether oxygens (including phenoxy) is 1. The second kappa shape index (κ2) is 9.57. The van der Waals surface area contributed by atoms with Gasteiger partial charge in [-0.05, 0) is 55.7 Å². The Labute approximate surface area is 177 Å². The van der Waals surface area contributed by atoms with Gasteiger partial charge in [-0.25, -0.2) is 12.8 Å². The third kappa shape index (κ3) is 4.99. The summed E-state index contributed by atoms with van der Waals surface area (Å²) in [4.78, 5) is 13.0. The Morgan fingerprint density at radius 1 is 1.07 bits per heavy atom. The maximum Gasteiger partial charge on any atom is 0.255 e. The van der Waals surface area contributed by atoms with Crippen molar-refractivity contribution < 1.29 is 22.3 Å². The minimum Gasteiger partial charge on any atom is -0.496 e. The second-order valence-corrected chi connectivity index (χ2v) is 9.37. The van der Waals surface area contributed by atoms with Gasteiger partial charge in [-0.15, -0.1) is 0 Å². The Morgan fingerprint density at radius 3 is 2.30 bits per heavy atom. The summed E-state index contributed by atoms with van der Waals surface area (Å²) in [6.07, 6.45) is 3.70. The summed E-state index contributed by atoms with van der Waals surface area (Å²) in [5, 5.41) is 2.83. The molecule has 0 aromatic heterocycles. The molecule has 162 valence electrons. The molecule has 6 nitrogen and oxygen atoms in total. The van der Waals surface area contributed by atoms with Crippen LogP contribution in [0.4, 0.5) is 4.39 Å². The van der Waals surface area contributed by atoms with Gasteiger partial charge < -0.3 is 10.1 Å². The van der Waals surface area contributed by atoms with Crippen LogP contribution in [0.2, 0.25) is 0 Å². The highest BCUT2D eigenvalue weighted by atomic mass is 32.2. The molecular formula is C22H27FN2O4S.